The number of nitrogens with zero attached hydrogens (tertiary/aromatic N) is 3. The molecule has 3 atom stereocenters. The first-order valence-corrected chi connectivity index (χ1v) is 21.6. The standard InChI is InChI=1S/C29H41N7O6.C9H10.C3H8.2C2H6.CH4/c1-3-9-20(25(38)29(42)32-13-4-2)34-27(40)22-12-8-16-36(22)23(37)18-33-28(41)24(19-10-6-5-7-11-19)35-26(39)21-17-30-14-15-31-21;1-2-5-9-7-3-6-8(9)4-1;1-3-2;2*1-2;/h4,14-15,17,19-20,22,24H,2-3,5-13,16,18H2,1H3,(H,32,42)(H,33,41)(H,34,40)(H,35,39);1-2,4-5H,3,6-7H2;3H2,1-2H3;2*1-2H3;1H4. The smallest absolute Gasteiger partial charge is 0.289 e. The molecule has 2 fully saturated rings. The molecule has 1 aliphatic heterocycles. The summed E-state index contributed by atoms with van der Waals surface area (Å²) in [6.07, 6.45) is 17.1. The highest BCUT2D eigenvalue weighted by atomic mass is 16.2. The molecule has 59 heavy (non-hydrogen) atoms. The number of likely N-dealkylation sites (tertiary alicyclic amines) is 1. The highest BCUT2D eigenvalue weighted by Crippen LogP contribution is 2.27. The van der Waals surface area contributed by atoms with E-state index in [4.69, 9.17) is 0 Å². The second kappa shape index (κ2) is 32.0. The second-order valence-electron chi connectivity index (χ2n) is 13.9. The number of rotatable bonds is 14. The average Bonchev–Trinajstić information content (AvgIpc) is 3.97. The predicted octanol–water partition coefficient (Wildman–Crippen LogP) is 6.70. The van der Waals surface area contributed by atoms with Gasteiger partial charge in [-0.05, 0) is 68.4 Å². The molecular formula is C46H75N7O6. The Hall–Kier alpha value is -4.94. The molecule has 1 saturated heterocycles. The number of hydrogen-bond donors (Lipinski definition) is 4. The monoisotopic (exact) mass is 822 g/mol. The first-order chi connectivity index (χ1) is 28.1. The molecule has 0 radical (unpaired) electrons. The maximum absolute atomic E-state index is 13.3. The Kier molecular flexibility index (Phi) is 29.3. The van der Waals surface area contributed by atoms with Gasteiger partial charge in [-0.2, -0.15) is 0 Å². The number of benzene rings is 1. The molecular weight excluding hydrogens is 747 g/mol. The third-order valence-electron chi connectivity index (χ3n) is 9.63. The normalized spacial score (nSPS) is 15.9. The lowest BCUT2D eigenvalue weighted by molar-refractivity contribution is -0.142. The van der Waals surface area contributed by atoms with Gasteiger partial charge in [0.25, 0.3) is 11.8 Å². The Morgan fingerprint density at radius 3 is 2.03 bits per heavy atom. The van der Waals surface area contributed by atoms with Gasteiger partial charge in [0, 0.05) is 25.5 Å². The maximum Gasteiger partial charge on any atom is 0.289 e. The van der Waals surface area contributed by atoms with E-state index in [-0.39, 0.29) is 38.5 Å². The van der Waals surface area contributed by atoms with Crippen LogP contribution in [0.15, 0.2) is 55.5 Å². The van der Waals surface area contributed by atoms with Crippen molar-refractivity contribution in [1.29, 1.82) is 0 Å². The van der Waals surface area contributed by atoms with Crippen molar-refractivity contribution in [2.45, 2.75) is 157 Å². The van der Waals surface area contributed by atoms with Gasteiger partial charge >= 0.3 is 0 Å². The molecule has 4 N–H and O–H groups in total. The van der Waals surface area contributed by atoms with E-state index in [1.165, 1.54) is 55.2 Å². The first kappa shape index (κ1) is 54.1. The van der Waals surface area contributed by atoms with Gasteiger partial charge in [0.1, 0.15) is 17.8 Å². The van der Waals surface area contributed by atoms with E-state index in [0.29, 0.717) is 25.8 Å². The van der Waals surface area contributed by atoms with Gasteiger partial charge in [0.15, 0.2) is 0 Å². The van der Waals surface area contributed by atoms with Crippen LogP contribution in [0.1, 0.15) is 148 Å². The van der Waals surface area contributed by atoms with Gasteiger partial charge in [0.2, 0.25) is 23.5 Å². The molecule has 1 aromatic heterocycles. The second-order valence-corrected chi connectivity index (χ2v) is 13.9. The summed E-state index contributed by atoms with van der Waals surface area (Å²) in [6.45, 7) is 17.7. The fourth-order valence-corrected chi connectivity index (χ4v) is 6.96. The molecule has 3 unspecified atom stereocenters. The van der Waals surface area contributed by atoms with Gasteiger partial charge in [0.05, 0.1) is 18.8 Å². The summed E-state index contributed by atoms with van der Waals surface area (Å²) in [5.74, 6) is -3.63. The minimum atomic E-state index is -1.02. The Bertz CT molecular complexity index is 1520. The number of nitrogens with one attached hydrogen (secondary N) is 4. The summed E-state index contributed by atoms with van der Waals surface area (Å²) in [4.78, 5) is 86.4. The molecule has 330 valence electrons. The molecule has 5 rings (SSSR count). The van der Waals surface area contributed by atoms with Crippen LogP contribution in [-0.4, -0.2) is 87.9 Å². The predicted molar refractivity (Wildman–Crippen MR) is 237 cm³/mol. The van der Waals surface area contributed by atoms with Crippen LogP contribution in [0, 0.1) is 5.92 Å². The topological polar surface area (TPSA) is 180 Å². The summed E-state index contributed by atoms with van der Waals surface area (Å²) in [5, 5.41) is 10.5. The van der Waals surface area contributed by atoms with Crippen molar-refractivity contribution in [2.75, 3.05) is 19.6 Å². The molecule has 5 amide bonds. The number of carbonyl (C=O) groups excluding carboxylic acids is 6. The first-order valence-electron chi connectivity index (χ1n) is 21.6. The molecule has 2 heterocycles. The number of carbonyl (C=O) groups is 6. The summed E-state index contributed by atoms with van der Waals surface area (Å²) in [7, 11) is 0. The lowest BCUT2D eigenvalue weighted by Gasteiger charge is -2.30. The molecule has 13 heteroatoms. The van der Waals surface area contributed by atoms with Crippen LogP contribution in [0.5, 0.6) is 0 Å². The van der Waals surface area contributed by atoms with E-state index in [0.717, 1.165) is 32.1 Å². The minimum Gasteiger partial charge on any atom is -0.346 e. The molecule has 3 aliphatic rings. The van der Waals surface area contributed by atoms with Crippen molar-refractivity contribution in [1.82, 2.24) is 36.1 Å². The Labute approximate surface area is 354 Å². The lowest BCUT2D eigenvalue weighted by atomic mass is 9.83. The summed E-state index contributed by atoms with van der Waals surface area (Å²) in [6, 6.07) is 6.04. The number of aryl methyl sites for hydroxylation is 2. The third kappa shape index (κ3) is 18.7. The van der Waals surface area contributed by atoms with E-state index >= 15 is 0 Å². The number of hydrogen-bond acceptors (Lipinski definition) is 8. The van der Waals surface area contributed by atoms with Gasteiger partial charge in [-0.1, -0.05) is 118 Å². The van der Waals surface area contributed by atoms with Crippen LogP contribution >= 0.6 is 0 Å². The van der Waals surface area contributed by atoms with Crippen LogP contribution < -0.4 is 21.3 Å². The van der Waals surface area contributed by atoms with E-state index in [1.54, 1.807) is 11.1 Å². The lowest BCUT2D eigenvalue weighted by Crippen LogP contribution is -2.55. The number of fused-ring (bicyclic) bond motifs is 1. The van der Waals surface area contributed by atoms with Crippen molar-refractivity contribution < 1.29 is 28.8 Å². The van der Waals surface area contributed by atoms with Gasteiger partial charge < -0.3 is 26.2 Å². The Balaban J connectivity index is 0.00000166. The van der Waals surface area contributed by atoms with Gasteiger partial charge in [-0.15, -0.1) is 6.58 Å². The highest BCUT2D eigenvalue weighted by molar-refractivity contribution is 6.38. The van der Waals surface area contributed by atoms with Crippen molar-refractivity contribution in [3.05, 3.63) is 72.3 Å². The number of aromatic nitrogens is 2. The molecule has 1 aromatic carbocycles. The van der Waals surface area contributed by atoms with Crippen LogP contribution in [0.4, 0.5) is 0 Å². The zero-order valence-electron chi connectivity index (χ0n) is 36.2. The maximum atomic E-state index is 13.3. The zero-order valence-corrected chi connectivity index (χ0v) is 36.2. The fourth-order valence-electron chi connectivity index (χ4n) is 6.96. The molecule has 2 aromatic rings. The molecule has 0 spiro atoms. The average molecular weight is 822 g/mol. The molecule has 0 bridgehead atoms. The number of Topliss-reactive ketones (excluding diaryl/α,β-unsaturated/α-hetero) is 1. The number of amides is 5. The van der Waals surface area contributed by atoms with Crippen LogP contribution in [0.25, 0.3) is 0 Å². The zero-order chi connectivity index (χ0) is 43.3. The van der Waals surface area contributed by atoms with Gasteiger partial charge in [-0.25, -0.2) is 4.98 Å². The van der Waals surface area contributed by atoms with E-state index in [2.05, 4.69) is 75.9 Å². The Morgan fingerprint density at radius 2 is 1.47 bits per heavy atom. The summed E-state index contributed by atoms with van der Waals surface area (Å²) in [5.41, 5.74) is 3.22. The molecule has 13 nitrogen and oxygen atoms in total. The van der Waals surface area contributed by atoms with Gasteiger partial charge in [-0.3, -0.25) is 33.8 Å². The third-order valence-corrected chi connectivity index (χ3v) is 9.63. The van der Waals surface area contributed by atoms with Crippen molar-refractivity contribution >= 4 is 35.3 Å². The SMILES string of the molecule is C.C=CCNC(=O)C(=O)C(CCC)NC(=O)C1CCCN1C(=O)CNC(=O)C(NC(=O)c1cnccn1)C1CCCCC1.CC.CC.CCC.c1ccc2c(c1)CCC2. The van der Waals surface area contributed by atoms with Crippen LogP contribution in [0.2, 0.25) is 0 Å². The van der Waals surface area contributed by atoms with Crippen molar-refractivity contribution in [3.8, 4) is 0 Å². The molecule has 1 saturated carbocycles. The number of ketones is 1. The largest absolute Gasteiger partial charge is 0.346 e. The van der Waals surface area contributed by atoms with Crippen molar-refractivity contribution in [2.24, 2.45) is 5.92 Å². The van der Waals surface area contributed by atoms with E-state index in [9.17, 15) is 28.8 Å². The Morgan fingerprint density at radius 1 is 0.847 bits per heavy atom. The summed E-state index contributed by atoms with van der Waals surface area (Å²) >= 11 is 0. The minimum absolute atomic E-state index is 0. The molecule has 2 aliphatic carbocycles. The van der Waals surface area contributed by atoms with E-state index in [1.807, 2.05) is 34.6 Å². The quantitative estimate of drug-likeness (QED) is 0.120. The fraction of sp³-hybridized carbons (Fsp3) is 0.609. The van der Waals surface area contributed by atoms with E-state index < -0.39 is 53.4 Å². The van der Waals surface area contributed by atoms with Crippen LogP contribution in [-0.2, 0) is 36.8 Å². The van der Waals surface area contributed by atoms with Crippen molar-refractivity contribution in [3.63, 3.8) is 0 Å². The van der Waals surface area contributed by atoms with Crippen LogP contribution in [0.3, 0.4) is 0 Å². The summed E-state index contributed by atoms with van der Waals surface area (Å²) < 4.78 is 0. The highest BCUT2D eigenvalue weighted by Gasteiger charge is 2.37.